The van der Waals surface area contributed by atoms with Gasteiger partial charge >= 0.3 is 5.97 Å². The highest BCUT2D eigenvalue weighted by molar-refractivity contribution is 9.10. The Hall–Kier alpha value is -0.830. The highest BCUT2D eigenvalue weighted by atomic mass is 79.9. The summed E-state index contributed by atoms with van der Waals surface area (Å²) in [7, 11) is 0. The lowest BCUT2D eigenvalue weighted by atomic mass is 9.79. The minimum absolute atomic E-state index is 0.0646. The molecule has 0 spiro atoms. The van der Waals surface area contributed by atoms with E-state index in [-0.39, 0.29) is 10.8 Å². The van der Waals surface area contributed by atoms with Crippen LogP contribution in [0.2, 0.25) is 0 Å². The SMILES string of the molecule is CC(C)(C)c1cc(C(=O)O)c(Br)c(C(C)(C)C)c1. The van der Waals surface area contributed by atoms with E-state index in [0.717, 1.165) is 11.1 Å². The molecule has 100 valence electrons. The highest BCUT2D eigenvalue weighted by Crippen LogP contribution is 2.36. The van der Waals surface area contributed by atoms with Crippen molar-refractivity contribution in [2.45, 2.75) is 52.4 Å². The molecular formula is C15H21BrO2. The lowest BCUT2D eigenvalue weighted by Crippen LogP contribution is -2.19. The van der Waals surface area contributed by atoms with Gasteiger partial charge in [-0.3, -0.25) is 0 Å². The van der Waals surface area contributed by atoms with E-state index in [1.165, 1.54) is 0 Å². The fourth-order valence-corrected chi connectivity index (χ4v) is 2.75. The number of hydrogen-bond acceptors (Lipinski definition) is 1. The number of halogens is 1. The fraction of sp³-hybridized carbons (Fsp3) is 0.533. The summed E-state index contributed by atoms with van der Waals surface area (Å²) in [6.07, 6.45) is 0. The largest absolute Gasteiger partial charge is 0.478 e. The van der Waals surface area contributed by atoms with E-state index in [2.05, 4.69) is 63.5 Å². The van der Waals surface area contributed by atoms with E-state index in [4.69, 9.17) is 0 Å². The molecule has 0 fully saturated rings. The second-order valence-electron chi connectivity index (χ2n) is 6.69. The van der Waals surface area contributed by atoms with Crippen molar-refractivity contribution in [3.8, 4) is 0 Å². The topological polar surface area (TPSA) is 37.3 Å². The van der Waals surface area contributed by atoms with Crippen LogP contribution in [0.3, 0.4) is 0 Å². The standard InChI is InChI=1S/C15H21BrO2/c1-14(2,3)9-7-10(13(17)18)12(16)11(8-9)15(4,5)6/h7-8H,1-6H3,(H,17,18). The normalized spacial score (nSPS) is 12.6. The van der Waals surface area contributed by atoms with Gasteiger partial charge in [0.2, 0.25) is 0 Å². The van der Waals surface area contributed by atoms with Crippen LogP contribution in [0.15, 0.2) is 16.6 Å². The van der Waals surface area contributed by atoms with Crippen LogP contribution in [0, 0.1) is 0 Å². The van der Waals surface area contributed by atoms with Gasteiger partial charge in [0.1, 0.15) is 0 Å². The fourth-order valence-electron chi connectivity index (χ4n) is 1.76. The van der Waals surface area contributed by atoms with Gasteiger partial charge in [-0.05, 0) is 44.0 Å². The zero-order valence-corrected chi connectivity index (χ0v) is 13.5. The number of hydrogen-bond donors (Lipinski definition) is 1. The molecule has 0 atom stereocenters. The van der Waals surface area contributed by atoms with Gasteiger partial charge in [0.05, 0.1) is 5.56 Å². The molecule has 1 aromatic carbocycles. The molecule has 1 rings (SSSR count). The van der Waals surface area contributed by atoms with Crippen LogP contribution in [0.5, 0.6) is 0 Å². The molecule has 0 bridgehead atoms. The molecule has 0 aromatic heterocycles. The third-order valence-corrected chi connectivity index (χ3v) is 3.83. The maximum Gasteiger partial charge on any atom is 0.336 e. The van der Waals surface area contributed by atoms with Gasteiger partial charge in [0.25, 0.3) is 0 Å². The van der Waals surface area contributed by atoms with Crippen LogP contribution in [0.25, 0.3) is 0 Å². The summed E-state index contributed by atoms with van der Waals surface area (Å²) in [5.74, 6) is -0.890. The first-order chi connectivity index (χ1) is 7.94. The predicted octanol–water partition coefficient (Wildman–Crippen LogP) is 4.74. The predicted molar refractivity (Wildman–Crippen MR) is 78.5 cm³/mol. The van der Waals surface area contributed by atoms with Crippen molar-refractivity contribution in [3.63, 3.8) is 0 Å². The first-order valence-electron chi connectivity index (χ1n) is 6.02. The lowest BCUT2D eigenvalue weighted by Gasteiger charge is -2.27. The van der Waals surface area contributed by atoms with E-state index in [1.807, 2.05) is 0 Å². The number of carboxylic acids is 1. The third-order valence-electron chi connectivity index (χ3n) is 2.98. The molecule has 0 radical (unpaired) electrons. The van der Waals surface area contributed by atoms with Crippen LogP contribution < -0.4 is 0 Å². The number of benzene rings is 1. The minimum Gasteiger partial charge on any atom is -0.478 e. The average Bonchev–Trinajstić information content (AvgIpc) is 2.13. The van der Waals surface area contributed by atoms with Gasteiger partial charge in [0.15, 0.2) is 0 Å². The number of aromatic carboxylic acids is 1. The van der Waals surface area contributed by atoms with Gasteiger partial charge in [-0.1, -0.05) is 47.6 Å². The Labute approximate surface area is 118 Å². The Morgan fingerprint density at radius 2 is 1.56 bits per heavy atom. The highest BCUT2D eigenvalue weighted by Gasteiger charge is 2.25. The molecule has 0 aliphatic carbocycles. The van der Waals surface area contributed by atoms with E-state index in [0.29, 0.717) is 10.0 Å². The zero-order chi connectivity index (χ0) is 14.3. The molecule has 0 amide bonds. The Kier molecular flexibility index (Phi) is 3.97. The number of carboxylic acid groups (broad SMARTS) is 1. The molecule has 0 saturated carbocycles. The summed E-state index contributed by atoms with van der Waals surface area (Å²) >= 11 is 3.44. The number of carbonyl (C=O) groups is 1. The number of rotatable bonds is 1. The van der Waals surface area contributed by atoms with Crippen LogP contribution in [0.4, 0.5) is 0 Å². The quantitative estimate of drug-likeness (QED) is 0.813. The maximum absolute atomic E-state index is 11.4. The summed E-state index contributed by atoms with van der Waals surface area (Å²) in [5.41, 5.74) is 2.27. The molecule has 0 saturated heterocycles. The summed E-state index contributed by atoms with van der Waals surface area (Å²) in [6, 6.07) is 3.87. The van der Waals surface area contributed by atoms with E-state index in [9.17, 15) is 9.90 Å². The molecular weight excluding hydrogens is 292 g/mol. The van der Waals surface area contributed by atoms with Crippen LogP contribution >= 0.6 is 15.9 Å². The average molecular weight is 313 g/mol. The molecule has 2 nitrogen and oxygen atoms in total. The first kappa shape index (κ1) is 15.2. The van der Waals surface area contributed by atoms with Gasteiger partial charge in [-0.15, -0.1) is 0 Å². The molecule has 0 aliphatic rings. The minimum atomic E-state index is -0.890. The van der Waals surface area contributed by atoms with Gasteiger partial charge < -0.3 is 5.11 Å². The second-order valence-corrected chi connectivity index (χ2v) is 7.48. The van der Waals surface area contributed by atoms with E-state index in [1.54, 1.807) is 6.07 Å². The summed E-state index contributed by atoms with van der Waals surface area (Å²) < 4.78 is 0.690. The Balaban J connectivity index is 3.63. The molecule has 0 unspecified atom stereocenters. The molecule has 1 N–H and O–H groups in total. The molecule has 1 aromatic rings. The second kappa shape index (κ2) is 4.69. The van der Waals surface area contributed by atoms with E-state index < -0.39 is 5.97 Å². The molecule has 0 heterocycles. The Morgan fingerprint density at radius 1 is 1.06 bits per heavy atom. The summed E-state index contributed by atoms with van der Waals surface area (Å²) in [4.78, 5) is 11.4. The van der Waals surface area contributed by atoms with Crippen molar-refractivity contribution >= 4 is 21.9 Å². The molecule has 18 heavy (non-hydrogen) atoms. The lowest BCUT2D eigenvalue weighted by molar-refractivity contribution is 0.0695. The third kappa shape index (κ3) is 3.14. The van der Waals surface area contributed by atoms with Crippen molar-refractivity contribution < 1.29 is 9.90 Å². The Bertz CT molecular complexity index is 476. The zero-order valence-electron chi connectivity index (χ0n) is 11.9. The summed E-state index contributed by atoms with van der Waals surface area (Å²) in [6.45, 7) is 12.5. The maximum atomic E-state index is 11.4. The Morgan fingerprint density at radius 3 is 1.89 bits per heavy atom. The van der Waals surface area contributed by atoms with Crippen molar-refractivity contribution in [1.29, 1.82) is 0 Å². The first-order valence-corrected chi connectivity index (χ1v) is 6.81. The summed E-state index contributed by atoms with van der Waals surface area (Å²) in [5, 5.41) is 9.32. The van der Waals surface area contributed by atoms with Crippen molar-refractivity contribution in [1.82, 2.24) is 0 Å². The van der Waals surface area contributed by atoms with Gasteiger partial charge in [-0.2, -0.15) is 0 Å². The van der Waals surface area contributed by atoms with Crippen molar-refractivity contribution in [2.24, 2.45) is 0 Å². The van der Waals surface area contributed by atoms with E-state index >= 15 is 0 Å². The van der Waals surface area contributed by atoms with Crippen LogP contribution in [0.1, 0.15) is 63.0 Å². The van der Waals surface area contributed by atoms with Gasteiger partial charge in [0, 0.05) is 4.47 Å². The van der Waals surface area contributed by atoms with Gasteiger partial charge in [-0.25, -0.2) is 4.79 Å². The van der Waals surface area contributed by atoms with Crippen molar-refractivity contribution in [2.75, 3.05) is 0 Å². The molecule has 0 aliphatic heterocycles. The van der Waals surface area contributed by atoms with Crippen LogP contribution in [-0.4, -0.2) is 11.1 Å². The molecule has 3 heteroatoms. The smallest absolute Gasteiger partial charge is 0.336 e. The van der Waals surface area contributed by atoms with Crippen LogP contribution in [-0.2, 0) is 10.8 Å². The monoisotopic (exact) mass is 312 g/mol. The van der Waals surface area contributed by atoms with Crippen molar-refractivity contribution in [3.05, 3.63) is 33.3 Å².